The van der Waals surface area contributed by atoms with E-state index in [2.05, 4.69) is 43.5 Å². The minimum atomic E-state index is -0.640. The van der Waals surface area contributed by atoms with E-state index in [0.717, 1.165) is 6.42 Å². The van der Waals surface area contributed by atoms with E-state index < -0.39 is 23.5 Å². The van der Waals surface area contributed by atoms with Crippen molar-refractivity contribution in [2.24, 2.45) is 5.92 Å². The van der Waals surface area contributed by atoms with Crippen LogP contribution < -0.4 is 15.5 Å². The lowest BCUT2D eigenvalue weighted by Gasteiger charge is -2.39. The van der Waals surface area contributed by atoms with E-state index in [1.165, 1.54) is 18.3 Å². The Balaban J connectivity index is 1.75. The van der Waals surface area contributed by atoms with Crippen LogP contribution in [-0.2, 0) is 11.3 Å². The summed E-state index contributed by atoms with van der Waals surface area (Å²) in [6, 6.07) is 4.42. The summed E-state index contributed by atoms with van der Waals surface area (Å²) < 4.78 is 33.6. The summed E-state index contributed by atoms with van der Waals surface area (Å²) in [6.07, 6.45) is 1.74. The van der Waals surface area contributed by atoms with Gasteiger partial charge in [0.2, 0.25) is 5.95 Å². The number of pyridine rings is 2. The van der Waals surface area contributed by atoms with Crippen molar-refractivity contribution in [2.45, 2.75) is 52.3 Å². The molecule has 0 aromatic carbocycles. The first-order valence-electron chi connectivity index (χ1n) is 10.5. The number of hydrogen-bond acceptors (Lipinski definition) is 6. The van der Waals surface area contributed by atoms with Crippen molar-refractivity contribution in [3.63, 3.8) is 0 Å². The summed E-state index contributed by atoms with van der Waals surface area (Å²) in [5.74, 6) is -0.839. The van der Waals surface area contributed by atoms with Gasteiger partial charge in [0.1, 0.15) is 15.9 Å². The maximum Gasteiger partial charge on any atom is 0.407 e. The molecule has 0 aliphatic carbocycles. The number of halogens is 3. The lowest BCUT2D eigenvalue weighted by molar-refractivity contribution is 0.0495. The van der Waals surface area contributed by atoms with Gasteiger partial charge in [0.15, 0.2) is 5.82 Å². The van der Waals surface area contributed by atoms with E-state index in [1.54, 1.807) is 6.07 Å². The van der Waals surface area contributed by atoms with Crippen LogP contribution in [0.4, 0.5) is 25.0 Å². The molecule has 3 heterocycles. The van der Waals surface area contributed by atoms with Crippen LogP contribution in [0.5, 0.6) is 0 Å². The minimum absolute atomic E-state index is 0.101. The number of alkyl carbamates (subject to hydrolysis) is 1. The number of hydrogen-bond donors (Lipinski definition) is 2. The summed E-state index contributed by atoms with van der Waals surface area (Å²) in [5, 5.41) is 5.97. The Hall–Kier alpha value is -2.49. The monoisotopic (exact) mass is 511 g/mol. The standard InChI is InChI=1S/C22H28BrF2N5O2/c1-13-9-15(29-21(31)32-22(2,3)4)12-30(11-13)17-7-8-26-20(25)18(17)27-10-14-5-6-16(24)19(23)28-14/h5-8,13,15,27H,9-12H2,1-4H3,(H,29,31)/t13-,15?/m1/s1. The van der Waals surface area contributed by atoms with Gasteiger partial charge in [-0.3, -0.25) is 0 Å². The van der Waals surface area contributed by atoms with Crippen LogP contribution in [-0.4, -0.2) is 40.8 Å². The van der Waals surface area contributed by atoms with Gasteiger partial charge in [-0.1, -0.05) is 6.92 Å². The summed E-state index contributed by atoms with van der Waals surface area (Å²) in [5.41, 5.74) is 0.837. The predicted octanol–water partition coefficient (Wildman–Crippen LogP) is 4.87. The van der Waals surface area contributed by atoms with E-state index in [-0.39, 0.29) is 28.8 Å². The number of piperidine rings is 1. The molecule has 1 aliphatic rings. The van der Waals surface area contributed by atoms with Gasteiger partial charge in [-0.2, -0.15) is 4.39 Å². The second-order valence-electron chi connectivity index (χ2n) is 9.01. The van der Waals surface area contributed by atoms with Crippen molar-refractivity contribution < 1.29 is 18.3 Å². The number of anilines is 2. The molecule has 174 valence electrons. The fourth-order valence-corrected chi connectivity index (χ4v) is 4.07. The predicted molar refractivity (Wildman–Crippen MR) is 123 cm³/mol. The largest absolute Gasteiger partial charge is 0.444 e. The molecule has 0 bridgehead atoms. The number of aromatic nitrogens is 2. The summed E-state index contributed by atoms with van der Waals surface area (Å²) in [7, 11) is 0. The van der Waals surface area contributed by atoms with Crippen molar-refractivity contribution in [2.75, 3.05) is 23.3 Å². The van der Waals surface area contributed by atoms with Crippen LogP contribution >= 0.6 is 15.9 Å². The number of carbonyl (C=O) groups is 1. The maximum atomic E-state index is 14.7. The molecule has 0 saturated carbocycles. The highest BCUT2D eigenvalue weighted by molar-refractivity contribution is 9.10. The zero-order chi connectivity index (χ0) is 23.5. The average Bonchev–Trinajstić information content (AvgIpc) is 2.67. The van der Waals surface area contributed by atoms with Crippen LogP contribution in [0.25, 0.3) is 0 Å². The van der Waals surface area contributed by atoms with E-state index in [4.69, 9.17) is 4.74 Å². The Morgan fingerprint density at radius 2 is 2.03 bits per heavy atom. The molecule has 2 atom stereocenters. The molecule has 2 aromatic rings. The number of rotatable bonds is 5. The molecule has 3 rings (SSSR count). The van der Waals surface area contributed by atoms with Crippen LogP contribution in [0.2, 0.25) is 0 Å². The fraction of sp³-hybridized carbons (Fsp3) is 0.500. The molecule has 10 heteroatoms. The SMILES string of the molecule is C[C@@H]1CC(NC(=O)OC(C)(C)C)CN(c2ccnc(F)c2NCc2ccc(F)c(Br)n2)C1. The van der Waals surface area contributed by atoms with Gasteiger partial charge in [-0.05, 0) is 67.2 Å². The molecular formula is C22H28BrF2N5O2. The molecule has 7 nitrogen and oxygen atoms in total. The second kappa shape index (κ2) is 9.97. The second-order valence-corrected chi connectivity index (χ2v) is 9.76. The van der Waals surface area contributed by atoms with Crippen molar-refractivity contribution in [1.82, 2.24) is 15.3 Å². The molecule has 1 unspecified atom stereocenters. The molecule has 2 aromatic heterocycles. The van der Waals surface area contributed by atoms with Gasteiger partial charge in [-0.25, -0.2) is 19.2 Å². The summed E-state index contributed by atoms with van der Waals surface area (Å²) in [6.45, 7) is 8.92. The zero-order valence-corrected chi connectivity index (χ0v) is 20.2. The van der Waals surface area contributed by atoms with E-state index in [9.17, 15) is 13.6 Å². The molecule has 2 N–H and O–H groups in total. The van der Waals surface area contributed by atoms with Gasteiger partial charge in [0.05, 0.1) is 17.9 Å². The van der Waals surface area contributed by atoms with Gasteiger partial charge in [-0.15, -0.1) is 0 Å². The number of carbonyl (C=O) groups excluding carboxylic acids is 1. The molecule has 1 amide bonds. The van der Waals surface area contributed by atoms with Gasteiger partial charge in [0.25, 0.3) is 0 Å². The van der Waals surface area contributed by atoms with Gasteiger partial charge >= 0.3 is 6.09 Å². The third-order valence-electron chi connectivity index (χ3n) is 4.91. The highest BCUT2D eigenvalue weighted by Crippen LogP contribution is 2.31. The van der Waals surface area contributed by atoms with Crippen LogP contribution in [0.3, 0.4) is 0 Å². The van der Waals surface area contributed by atoms with Crippen LogP contribution in [0, 0.1) is 17.7 Å². The van der Waals surface area contributed by atoms with E-state index >= 15 is 0 Å². The first-order valence-corrected chi connectivity index (χ1v) is 11.2. The van der Waals surface area contributed by atoms with Crippen LogP contribution in [0.1, 0.15) is 39.8 Å². The summed E-state index contributed by atoms with van der Waals surface area (Å²) in [4.78, 5) is 22.1. The van der Waals surface area contributed by atoms with Crippen molar-refractivity contribution in [1.29, 1.82) is 0 Å². The smallest absolute Gasteiger partial charge is 0.407 e. The lowest BCUT2D eigenvalue weighted by atomic mass is 9.95. The molecule has 32 heavy (non-hydrogen) atoms. The van der Waals surface area contributed by atoms with E-state index in [0.29, 0.717) is 24.5 Å². The highest BCUT2D eigenvalue weighted by atomic mass is 79.9. The quantitative estimate of drug-likeness (QED) is 0.557. The molecular weight excluding hydrogens is 484 g/mol. The Kier molecular flexibility index (Phi) is 7.53. The molecule has 1 saturated heterocycles. The first kappa shape index (κ1) is 24.2. The van der Waals surface area contributed by atoms with Crippen molar-refractivity contribution >= 4 is 33.4 Å². The summed E-state index contributed by atoms with van der Waals surface area (Å²) >= 11 is 3.06. The third-order valence-corrected chi connectivity index (χ3v) is 5.47. The number of amides is 1. The Morgan fingerprint density at radius 3 is 2.72 bits per heavy atom. The maximum absolute atomic E-state index is 14.7. The van der Waals surface area contributed by atoms with Crippen LogP contribution in [0.15, 0.2) is 29.0 Å². The molecule has 1 aliphatic heterocycles. The topological polar surface area (TPSA) is 79.4 Å². The molecule has 0 spiro atoms. The minimum Gasteiger partial charge on any atom is -0.444 e. The number of nitrogens with zero attached hydrogens (tertiary/aromatic N) is 3. The Bertz CT molecular complexity index is 970. The molecule has 0 radical (unpaired) electrons. The van der Waals surface area contributed by atoms with Gasteiger partial charge in [0, 0.05) is 25.3 Å². The Morgan fingerprint density at radius 1 is 1.28 bits per heavy atom. The lowest BCUT2D eigenvalue weighted by Crippen LogP contribution is -2.51. The van der Waals surface area contributed by atoms with Gasteiger partial charge < -0.3 is 20.3 Å². The van der Waals surface area contributed by atoms with Crippen molar-refractivity contribution in [3.8, 4) is 0 Å². The third kappa shape index (κ3) is 6.51. The zero-order valence-electron chi connectivity index (χ0n) is 18.6. The Labute approximate surface area is 195 Å². The fourth-order valence-electron chi connectivity index (χ4n) is 3.71. The normalized spacial score (nSPS) is 18.9. The average molecular weight is 512 g/mol. The first-order chi connectivity index (χ1) is 15.0. The highest BCUT2D eigenvalue weighted by Gasteiger charge is 2.29. The van der Waals surface area contributed by atoms with Crippen molar-refractivity contribution in [3.05, 3.63) is 46.5 Å². The number of ether oxygens (including phenoxy) is 1. The molecule has 1 fully saturated rings. The number of nitrogens with one attached hydrogen (secondary N) is 2. The van der Waals surface area contributed by atoms with E-state index in [1.807, 2.05) is 25.7 Å².